The summed E-state index contributed by atoms with van der Waals surface area (Å²) >= 11 is 0. The van der Waals surface area contributed by atoms with E-state index in [0.717, 1.165) is 43.4 Å². The van der Waals surface area contributed by atoms with Crippen LogP contribution in [0.25, 0.3) is 0 Å². The molecule has 2 aliphatic heterocycles. The number of benzene rings is 2. The number of hydrogen-bond donors (Lipinski definition) is 1. The lowest BCUT2D eigenvalue weighted by atomic mass is 9.90. The van der Waals surface area contributed by atoms with Crippen LogP contribution >= 0.6 is 0 Å². The molecule has 1 N–H and O–H groups in total. The number of sulfonamides is 1. The molecular formula is C26H32N4O4S. The molecule has 1 unspecified atom stereocenters. The van der Waals surface area contributed by atoms with Crippen LogP contribution in [0.15, 0.2) is 57.8 Å². The van der Waals surface area contributed by atoms with Gasteiger partial charge in [-0.25, -0.2) is 0 Å². The number of rotatable bonds is 5. The first-order valence-electron chi connectivity index (χ1n) is 12.0. The highest BCUT2D eigenvalue weighted by Gasteiger charge is 2.30. The second-order valence-electron chi connectivity index (χ2n) is 9.17. The summed E-state index contributed by atoms with van der Waals surface area (Å²) in [5, 5.41) is 2.81. The van der Waals surface area contributed by atoms with Gasteiger partial charge in [-0.2, -0.15) is 8.42 Å². The summed E-state index contributed by atoms with van der Waals surface area (Å²) in [6.45, 7) is 2.86. The Kier molecular flexibility index (Phi) is 7.54. The second kappa shape index (κ2) is 10.6. The van der Waals surface area contributed by atoms with Gasteiger partial charge >= 0.3 is 0 Å². The van der Waals surface area contributed by atoms with Gasteiger partial charge in [0, 0.05) is 39.2 Å². The summed E-state index contributed by atoms with van der Waals surface area (Å²) in [5.41, 5.74) is 2.49. The van der Waals surface area contributed by atoms with Crippen molar-refractivity contribution >= 4 is 33.4 Å². The quantitative estimate of drug-likeness (QED) is 0.680. The molecule has 186 valence electrons. The van der Waals surface area contributed by atoms with Crippen LogP contribution in [0.1, 0.15) is 56.2 Å². The normalized spacial score (nSPS) is 19.7. The highest BCUT2D eigenvalue weighted by atomic mass is 32.2. The maximum atomic E-state index is 13.0. The Labute approximate surface area is 207 Å². The summed E-state index contributed by atoms with van der Waals surface area (Å²) in [7, 11) is -2.05. The van der Waals surface area contributed by atoms with E-state index in [1.165, 1.54) is 19.1 Å². The predicted octanol–water partition coefficient (Wildman–Crippen LogP) is 3.75. The summed E-state index contributed by atoms with van der Waals surface area (Å²) in [4.78, 5) is 28.9. The Morgan fingerprint density at radius 3 is 2.63 bits per heavy atom. The molecule has 0 radical (unpaired) electrons. The molecule has 2 aromatic carbocycles. The SMILES string of the molecule is CC(=O)N1CCc2ccccc2C1CC(=O)Nc1cccc(S(=O)(=O)/N=C2/CCCCCN2C)c1. The summed E-state index contributed by atoms with van der Waals surface area (Å²) in [5.74, 6) is 0.201. The molecule has 0 spiro atoms. The monoisotopic (exact) mass is 496 g/mol. The van der Waals surface area contributed by atoms with Crippen LogP contribution in [0.5, 0.6) is 0 Å². The summed E-state index contributed by atoms with van der Waals surface area (Å²) < 4.78 is 30.1. The molecule has 9 heteroatoms. The van der Waals surface area contributed by atoms with Gasteiger partial charge in [0.2, 0.25) is 11.8 Å². The molecule has 35 heavy (non-hydrogen) atoms. The average molecular weight is 497 g/mol. The summed E-state index contributed by atoms with van der Waals surface area (Å²) in [6, 6.07) is 13.7. The van der Waals surface area contributed by atoms with Crippen LogP contribution in [0, 0.1) is 0 Å². The summed E-state index contributed by atoms with van der Waals surface area (Å²) in [6.07, 6.45) is 4.45. The van der Waals surface area contributed by atoms with E-state index < -0.39 is 10.0 Å². The predicted molar refractivity (Wildman–Crippen MR) is 136 cm³/mol. The molecule has 0 aliphatic carbocycles. The van der Waals surface area contributed by atoms with Crippen LogP contribution in [0.3, 0.4) is 0 Å². The number of likely N-dealkylation sites (tertiary alicyclic amines) is 1. The van der Waals surface area contributed by atoms with E-state index in [1.807, 2.05) is 36.2 Å². The molecule has 4 rings (SSSR count). The largest absolute Gasteiger partial charge is 0.362 e. The smallest absolute Gasteiger partial charge is 0.284 e. The minimum atomic E-state index is -3.91. The van der Waals surface area contributed by atoms with Gasteiger partial charge in [0.05, 0.1) is 17.4 Å². The number of nitrogens with zero attached hydrogens (tertiary/aromatic N) is 3. The molecular weight excluding hydrogens is 464 g/mol. The number of nitrogens with one attached hydrogen (secondary N) is 1. The molecule has 0 saturated carbocycles. The van der Waals surface area contributed by atoms with Gasteiger partial charge < -0.3 is 15.1 Å². The molecule has 1 atom stereocenters. The molecule has 2 amide bonds. The van der Waals surface area contributed by atoms with E-state index in [1.54, 1.807) is 17.0 Å². The van der Waals surface area contributed by atoms with Gasteiger partial charge in [0.1, 0.15) is 5.84 Å². The Bertz CT molecular complexity index is 1240. The van der Waals surface area contributed by atoms with Crippen molar-refractivity contribution in [3.8, 4) is 0 Å². The first-order valence-corrected chi connectivity index (χ1v) is 13.5. The van der Waals surface area contributed by atoms with E-state index in [9.17, 15) is 18.0 Å². The van der Waals surface area contributed by atoms with E-state index in [2.05, 4.69) is 9.71 Å². The lowest BCUT2D eigenvalue weighted by Crippen LogP contribution is -2.40. The van der Waals surface area contributed by atoms with Gasteiger partial charge in [-0.1, -0.05) is 36.8 Å². The number of fused-ring (bicyclic) bond motifs is 1. The standard InChI is InChI=1S/C26H32N4O4S/c1-19(31)30-16-14-20-9-5-6-12-23(20)24(30)18-26(32)27-21-10-8-11-22(17-21)35(33,34)28-25-13-4-3-7-15-29(25)2/h5-6,8-12,17,24H,3-4,7,13-16,18H2,1-2H3,(H,27,32)/b28-25-. The Balaban J connectivity index is 1.51. The van der Waals surface area contributed by atoms with E-state index >= 15 is 0 Å². The minimum Gasteiger partial charge on any atom is -0.362 e. The lowest BCUT2D eigenvalue weighted by Gasteiger charge is -2.36. The molecule has 2 heterocycles. The molecule has 0 bridgehead atoms. The van der Waals surface area contributed by atoms with Crippen LogP contribution in [0.2, 0.25) is 0 Å². The second-order valence-corrected chi connectivity index (χ2v) is 10.8. The zero-order valence-corrected chi connectivity index (χ0v) is 21.1. The number of hydrogen-bond acceptors (Lipinski definition) is 4. The molecule has 1 saturated heterocycles. The zero-order valence-electron chi connectivity index (χ0n) is 20.2. The van der Waals surface area contributed by atoms with E-state index in [-0.39, 0.29) is 29.2 Å². The van der Waals surface area contributed by atoms with Gasteiger partial charge in [0.25, 0.3) is 10.0 Å². The lowest BCUT2D eigenvalue weighted by molar-refractivity contribution is -0.132. The van der Waals surface area contributed by atoms with Crippen molar-refractivity contribution < 1.29 is 18.0 Å². The average Bonchev–Trinajstić information content (AvgIpc) is 3.02. The number of amidine groups is 1. The molecule has 2 aromatic rings. The van der Waals surface area contributed by atoms with Gasteiger partial charge in [-0.15, -0.1) is 4.40 Å². The van der Waals surface area contributed by atoms with Crippen molar-refractivity contribution in [2.45, 2.75) is 56.4 Å². The van der Waals surface area contributed by atoms with Crippen molar-refractivity contribution in [2.24, 2.45) is 4.40 Å². The fourth-order valence-corrected chi connectivity index (χ4v) is 5.95. The van der Waals surface area contributed by atoms with Crippen LogP contribution in [-0.4, -0.2) is 56.0 Å². The first-order chi connectivity index (χ1) is 16.7. The van der Waals surface area contributed by atoms with Gasteiger partial charge in [-0.3, -0.25) is 9.59 Å². The maximum absolute atomic E-state index is 13.0. The van der Waals surface area contributed by atoms with Gasteiger partial charge in [0.15, 0.2) is 0 Å². The van der Waals surface area contributed by atoms with Crippen molar-refractivity contribution in [1.29, 1.82) is 0 Å². The van der Waals surface area contributed by atoms with Crippen LogP contribution in [0.4, 0.5) is 5.69 Å². The number of anilines is 1. The third-order valence-electron chi connectivity index (χ3n) is 6.67. The van der Waals surface area contributed by atoms with Crippen molar-refractivity contribution in [1.82, 2.24) is 9.80 Å². The Morgan fingerprint density at radius 2 is 1.83 bits per heavy atom. The fourth-order valence-electron chi connectivity index (χ4n) is 4.81. The first kappa shape index (κ1) is 24.9. The van der Waals surface area contributed by atoms with Crippen LogP contribution in [-0.2, 0) is 26.0 Å². The van der Waals surface area contributed by atoms with Crippen molar-refractivity contribution in [2.75, 3.05) is 25.5 Å². The number of carbonyl (C=O) groups is 2. The van der Waals surface area contributed by atoms with Crippen molar-refractivity contribution in [3.05, 3.63) is 59.7 Å². The zero-order chi connectivity index (χ0) is 25.0. The Hall–Kier alpha value is -3.20. The van der Waals surface area contributed by atoms with Crippen LogP contribution < -0.4 is 5.32 Å². The third-order valence-corrected chi connectivity index (χ3v) is 7.97. The topological polar surface area (TPSA) is 99.2 Å². The van der Waals surface area contributed by atoms with E-state index in [4.69, 9.17) is 0 Å². The van der Waals surface area contributed by atoms with E-state index in [0.29, 0.717) is 24.5 Å². The fraction of sp³-hybridized carbons (Fsp3) is 0.423. The van der Waals surface area contributed by atoms with Gasteiger partial charge in [-0.05, 0) is 48.6 Å². The molecule has 8 nitrogen and oxygen atoms in total. The number of carbonyl (C=O) groups excluding carboxylic acids is 2. The molecule has 1 fully saturated rings. The number of amides is 2. The maximum Gasteiger partial charge on any atom is 0.284 e. The highest BCUT2D eigenvalue weighted by Crippen LogP contribution is 2.32. The highest BCUT2D eigenvalue weighted by molar-refractivity contribution is 7.90. The third kappa shape index (κ3) is 5.90. The Morgan fingerprint density at radius 1 is 1.03 bits per heavy atom. The molecule has 0 aromatic heterocycles. The minimum absolute atomic E-state index is 0.0359. The molecule has 2 aliphatic rings. The van der Waals surface area contributed by atoms with Crippen molar-refractivity contribution in [3.63, 3.8) is 0 Å².